The van der Waals surface area contributed by atoms with Gasteiger partial charge in [-0.15, -0.1) is 0 Å². The lowest BCUT2D eigenvalue weighted by Gasteiger charge is -2.36. The second-order valence-corrected chi connectivity index (χ2v) is 11.0. The molecule has 1 spiro atoms. The van der Waals surface area contributed by atoms with Gasteiger partial charge in [0, 0.05) is 16.9 Å². The van der Waals surface area contributed by atoms with Gasteiger partial charge >= 0.3 is 0 Å². The van der Waals surface area contributed by atoms with Crippen LogP contribution in [-0.2, 0) is 5.41 Å². The van der Waals surface area contributed by atoms with E-state index >= 15 is 0 Å². The molecule has 0 nitrogen and oxygen atoms in total. The van der Waals surface area contributed by atoms with Gasteiger partial charge in [-0.1, -0.05) is 133 Å². The molecular weight excluding hydrogens is 480 g/mol. The fraction of sp³-hybridized carbons (Fsp3) is 0.0811. The third kappa shape index (κ3) is 2.87. The van der Waals surface area contributed by atoms with Gasteiger partial charge < -0.3 is 0 Å². The van der Waals surface area contributed by atoms with Crippen LogP contribution in [0.15, 0.2) is 140 Å². The van der Waals surface area contributed by atoms with E-state index in [1.165, 1.54) is 55.6 Å². The summed E-state index contributed by atoms with van der Waals surface area (Å²) in [5, 5.41) is 0.759. The first-order chi connectivity index (χ1) is 18.8. The van der Waals surface area contributed by atoms with Crippen LogP contribution in [0, 0.1) is 0 Å². The highest BCUT2D eigenvalue weighted by atomic mass is 35.5. The van der Waals surface area contributed by atoms with Crippen molar-refractivity contribution in [1.82, 2.24) is 0 Å². The standard InChI is InChI=1S/C37H25Cl/c38-26-20-17-24(18-21-26)25-19-22-32-28-10-2-1-9-27(28)29-11-3-6-14-33(29)37(36(32)23-25)34-15-7-4-12-30(34)31-13-5-8-16-35(31)37/h1-23,27-28H. The Morgan fingerprint density at radius 3 is 1.66 bits per heavy atom. The molecule has 0 bridgehead atoms. The minimum atomic E-state index is -0.402. The number of rotatable bonds is 1. The van der Waals surface area contributed by atoms with Gasteiger partial charge in [-0.3, -0.25) is 0 Å². The molecule has 0 aromatic heterocycles. The molecule has 2 atom stereocenters. The largest absolute Gasteiger partial charge is 0.0843 e. The van der Waals surface area contributed by atoms with Crippen molar-refractivity contribution in [2.75, 3.05) is 0 Å². The molecule has 0 heterocycles. The van der Waals surface area contributed by atoms with E-state index in [1.807, 2.05) is 12.1 Å². The summed E-state index contributed by atoms with van der Waals surface area (Å²) in [7, 11) is 0. The Kier molecular flexibility index (Phi) is 4.72. The van der Waals surface area contributed by atoms with Crippen LogP contribution < -0.4 is 0 Å². The molecule has 1 heteroatoms. The zero-order chi connectivity index (χ0) is 25.3. The molecule has 180 valence electrons. The molecule has 0 fully saturated rings. The van der Waals surface area contributed by atoms with Gasteiger partial charge in [0.05, 0.1) is 5.41 Å². The molecule has 38 heavy (non-hydrogen) atoms. The zero-order valence-corrected chi connectivity index (χ0v) is 21.6. The first-order valence-corrected chi connectivity index (χ1v) is 13.7. The van der Waals surface area contributed by atoms with Crippen molar-refractivity contribution in [3.63, 3.8) is 0 Å². The molecular formula is C37H25Cl. The summed E-state index contributed by atoms with van der Waals surface area (Å²) in [6.07, 6.45) is 9.23. The Balaban J connectivity index is 1.56. The van der Waals surface area contributed by atoms with Gasteiger partial charge in [0.2, 0.25) is 0 Å². The molecule has 8 rings (SSSR count). The first kappa shape index (κ1) is 21.9. The molecule has 3 aliphatic carbocycles. The normalized spacial score (nSPS) is 19.2. The van der Waals surface area contributed by atoms with Crippen LogP contribution in [0.4, 0.5) is 0 Å². The van der Waals surface area contributed by atoms with E-state index in [1.54, 1.807) is 0 Å². The van der Waals surface area contributed by atoms with Crippen molar-refractivity contribution in [3.05, 3.63) is 178 Å². The van der Waals surface area contributed by atoms with Gasteiger partial charge in [-0.2, -0.15) is 0 Å². The van der Waals surface area contributed by atoms with Gasteiger partial charge in [-0.25, -0.2) is 0 Å². The molecule has 0 saturated heterocycles. The topological polar surface area (TPSA) is 0 Å². The summed E-state index contributed by atoms with van der Waals surface area (Å²) in [4.78, 5) is 0. The zero-order valence-electron chi connectivity index (χ0n) is 20.8. The van der Waals surface area contributed by atoms with Crippen LogP contribution in [0.2, 0.25) is 5.02 Å². The van der Waals surface area contributed by atoms with Gasteiger partial charge in [-0.05, 0) is 73.8 Å². The van der Waals surface area contributed by atoms with Crippen molar-refractivity contribution in [2.24, 2.45) is 0 Å². The molecule has 0 radical (unpaired) electrons. The van der Waals surface area contributed by atoms with E-state index in [0.29, 0.717) is 0 Å². The summed E-state index contributed by atoms with van der Waals surface area (Å²) in [6.45, 7) is 0. The molecule has 0 amide bonds. The number of fused-ring (bicyclic) bond motifs is 12. The molecule has 0 saturated carbocycles. The Bertz CT molecular complexity index is 1740. The Morgan fingerprint density at radius 1 is 0.474 bits per heavy atom. The van der Waals surface area contributed by atoms with Crippen LogP contribution >= 0.6 is 11.6 Å². The number of hydrogen-bond donors (Lipinski definition) is 0. The highest BCUT2D eigenvalue weighted by molar-refractivity contribution is 6.30. The number of allylic oxidation sites excluding steroid dienone is 4. The van der Waals surface area contributed by atoms with Crippen molar-refractivity contribution >= 4 is 11.6 Å². The van der Waals surface area contributed by atoms with Gasteiger partial charge in [0.25, 0.3) is 0 Å². The molecule has 0 N–H and O–H groups in total. The minimum absolute atomic E-state index is 0.273. The second kappa shape index (κ2) is 8.18. The molecule has 2 unspecified atom stereocenters. The SMILES string of the molecule is Clc1ccc(-c2ccc3c(c2)C2(c4ccccc4-c4ccccc42)c2ccccc2C2C=CC=CC32)cc1. The summed E-state index contributed by atoms with van der Waals surface area (Å²) in [5.41, 5.74) is 13.0. The number of halogens is 1. The highest BCUT2D eigenvalue weighted by Crippen LogP contribution is 2.61. The monoisotopic (exact) mass is 504 g/mol. The van der Waals surface area contributed by atoms with Crippen molar-refractivity contribution < 1.29 is 0 Å². The molecule has 3 aliphatic rings. The lowest BCUT2D eigenvalue weighted by atomic mass is 9.65. The molecule has 0 aliphatic heterocycles. The molecule has 5 aromatic carbocycles. The Hall–Kier alpha value is -4.13. The third-order valence-electron chi connectivity index (χ3n) is 8.81. The quantitative estimate of drug-likeness (QED) is 0.209. The predicted molar refractivity (Wildman–Crippen MR) is 158 cm³/mol. The maximum absolute atomic E-state index is 6.27. The number of hydrogen-bond acceptors (Lipinski definition) is 0. The second-order valence-electron chi connectivity index (χ2n) is 10.6. The van der Waals surface area contributed by atoms with Crippen LogP contribution in [0.5, 0.6) is 0 Å². The lowest BCUT2D eigenvalue weighted by Crippen LogP contribution is -2.30. The van der Waals surface area contributed by atoms with Crippen LogP contribution in [0.25, 0.3) is 22.3 Å². The summed E-state index contributed by atoms with van der Waals surface area (Å²) < 4.78 is 0. The maximum Gasteiger partial charge on any atom is 0.0719 e. The van der Waals surface area contributed by atoms with E-state index in [9.17, 15) is 0 Å². The van der Waals surface area contributed by atoms with E-state index in [0.717, 1.165) is 5.02 Å². The number of benzene rings is 5. The van der Waals surface area contributed by atoms with Crippen LogP contribution in [0.3, 0.4) is 0 Å². The first-order valence-electron chi connectivity index (χ1n) is 13.3. The van der Waals surface area contributed by atoms with E-state index in [-0.39, 0.29) is 11.8 Å². The van der Waals surface area contributed by atoms with Crippen molar-refractivity contribution in [1.29, 1.82) is 0 Å². The van der Waals surface area contributed by atoms with E-state index in [4.69, 9.17) is 11.6 Å². The van der Waals surface area contributed by atoms with E-state index < -0.39 is 5.41 Å². The minimum Gasteiger partial charge on any atom is -0.0843 e. The Morgan fingerprint density at radius 2 is 1.00 bits per heavy atom. The molecule has 5 aromatic rings. The Labute approximate surface area is 228 Å². The van der Waals surface area contributed by atoms with Crippen molar-refractivity contribution in [2.45, 2.75) is 17.3 Å². The average molecular weight is 505 g/mol. The van der Waals surface area contributed by atoms with Crippen molar-refractivity contribution in [3.8, 4) is 22.3 Å². The van der Waals surface area contributed by atoms with Gasteiger partial charge in [0.15, 0.2) is 0 Å². The lowest BCUT2D eigenvalue weighted by molar-refractivity contribution is 0.732. The van der Waals surface area contributed by atoms with Crippen LogP contribution in [-0.4, -0.2) is 0 Å². The maximum atomic E-state index is 6.27. The highest BCUT2D eigenvalue weighted by Gasteiger charge is 2.51. The smallest absolute Gasteiger partial charge is 0.0719 e. The van der Waals surface area contributed by atoms with Crippen LogP contribution in [0.1, 0.15) is 45.2 Å². The fourth-order valence-electron chi connectivity index (χ4n) is 7.28. The fourth-order valence-corrected chi connectivity index (χ4v) is 7.41. The third-order valence-corrected chi connectivity index (χ3v) is 9.06. The summed E-state index contributed by atoms with van der Waals surface area (Å²) >= 11 is 6.27. The van der Waals surface area contributed by atoms with E-state index in [2.05, 4.69) is 127 Å². The average Bonchev–Trinajstić information content (AvgIpc) is 3.22. The predicted octanol–water partition coefficient (Wildman–Crippen LogP) is 9.68. The summed E-state index contributed by atoms with van der Waals surface area (Å²) in [6, 6.07) is 42.6. The summed E-state index contributed by atoms with van der Waals surface area (Å²) in [5.74, 6) is 0.561. The van der Waals surface area contributed by atoms with Gasteiger partial charge in [0.1, 0.15) is 0 Å².